The lowest BCUT2D eigenvalue weighted by molar-refractivity contribution is -0.144. The molecule has 0 bridgehead atoms. The lowest BCUT2D eigenvalue weighted by atomic mass is 9.91. The predicted octanol–water partition coefficient (Wildman–Crippen LogP) is 3.34. The second kappa shape index (κ2) is 12.6. The number of hydrogen-bond acceptors (Lipinski definition) is 6. The van der Waals surface area contributed by atoms with Crippen LogP contribution < -0.4 is 10.6 Å². The standard InChI is InChI=1S/C33H35N3O6/c1-22(34-32(40)41-20-24-13-7-4-8-14-24)31(39)36-19-26-16-10-9-15-25(26)18-28(36)30(38)35-27(29(37)33(2)21-42-33)17-23-11-5-3-6-12-23/h3-16,22,27-28H,17-21H2,1-2H3,(H,34,40)(H,35,38)/t22-,27-,28+,33-/m0/s1. The molecular weight excluding hydrogens is 534 g/mol. The summed E-state index contributed by atoms with van der Waals surface area (Å²) in [7, 11) is 0. The third-order valence-electron chi connectivity index (χ3n) is 7.77. The van der Waals surface area contributed by atoms with Gasteiger partial charge in [-0.1, -0.05) is 84.9 Å². The minimum Gasteiger partial charge on any atom is -0.445 e. The summed E-state index contributed by atoms with van der Waals surface area (Å²) in [5.41, 5.74) is 2.66. The van der Waals surface area contributed by atoms with Gasteiger partial charge in [0.2, 0.25) is 11.8 Å². The maximum absolute atomic E-state index is 13.9. The van der Waals surface area contributed by atoms with Gasteiger partial charge in [0.05, 0.1) is 12.6 Å². The van der Waals surface area contributed by atoms with Crippen molar-refractivity contribution in [2.75, 3.05) is 6.61 Å². The Bertz CT molecular complexity index is 1440. The van der Waals surface area contributed by atoms with Crippen LogP contribution in [0, 0.1) is 0 Å². The van der Waals surface area contributed by atoms with Crippen molar-refractivity contribution in [3.05, 3.63) is 107 Å². The third kappa shape index (κ3) is 6.86. The average Bonchev–Trinajstić information content (AvgIpc) is 3.77. The number of epoxide rings is 1. The largest absolute Gasteiger partial charge is 0.445 e. The van der Waals surface area contributed by atoms with Crippen molar-refractivity contribution in [1.82, 2.24) is 15.5 Å². The van der Waals surface area contributed by atoms with E-state index in [1.54, 1.807) is 13.8 Å². The summed E-state index contributed by atoms with van der Waals surface area (Å²) in [5.74, 6) is -1.06. The van der Waals surface area contributed by atoms with Gasteiger partial charge in [0, 0.05) is 13.0 Å². The van der Waals surface area contributed by atoms with Gasteiger partial charge in [-0.3, -0.25) is 14.4 Å². The number of carbonyl (C=O) groups is 4. The molecule has 0 aromatic heterocycles. The van der Waals surface area contributed by atoms with Crippen molar-refractivity contribution in [3.8, 4) is 0 Å². The van der Waals surface area contributed by atoms with Crippen LogP contribution >= 0.6 is 0 Å². The van der Waals surface area contributed by atoms with Crippen LogP contribution in [0.2, 0.25) is 0 Å². The maximum atomic E-state index is 13.9. The monoisotopic (exact) mass is 569 g/mol. The SMILES string of the molecule is C[C@H](NC(=O)OCc1ccccc1)C(=O)N1Cc2ccccc2C[C@@H]1C(=O)N[C@@H](Cc1ccccc1)C(=O)[C@]1(C)CO1. The molecule has 0 aliphatic carbocycles. The highest BCUT2D eigenvalue weighted by atomic mass is 16.6. The summed E-state index contributed by atoms with van der Waals surface area (Å²) in [6.45, 7) is 3.84. The normalized spacial score (nSPS) is 20.4. The molecule has 0 unspecified atom stereocenters. The summed E-state index contributed by atoms with van der Waals surface area (Å²) >= 11 is 0. The van der Waals surface area contributed by atoms with E-state index in [2.05, 4.69) is 10.6 Å². The molecule has 0 spiro atoms. The van der Waals surface area contributed by atoms with Crippen LogP contribution in [0.5, 0.6) is 0 Å². The molecule has 9 heteroatoms. The van der Waals surface area contributed by atoms with Crippen molar-refractivity contribution in [2.45, 2.75) is 63.6 Å². The molecule has 9 nitrogen and oxygen atoms in total. The van der Waals surface area contributed by atoms with Crippen molar-refractivity contribution < 1.29 is 28.7 Å². The lowest BCUT2D eigenvalue weighted by Crippen LogP contribution is -2.59. The second-order valence-corrected chi connectivity index (χ2v) is 11.0. The number of amides is 3. The van der Waals surface area contributed by atoms with Crippen LogP contribution in [0.25, 0.3) is 0 Å². The number of rotatable bonds is 10. The molecule has 2 heterocycles. The number of ketones is 1. The molecule has 2 N–H and O–H groups in total. The van der Waals surface area contributed by atoms with Crippen molar-refractivity contribution in [2.24, 2.45) is 0 Å². The van der Waals surface area contributed by atoms with Gasteiger partial charge < -0.3 is 25.0 Å². The first-order valence-corrected chi connectivity index (χ1v) is 14.1. The first kappa shape index (κ1) is 29.0. The molecule has 2 aliphatic heterocycles. The van der Waals surface area contributed by atoms with Crippen LogP contribution in [0.15, 0.2) is 84.9 Å². The zero-order valence-electron chi connectivity index (χ0n) is 23.7. The van der Waals surface area contributed by atoms with Crippen LogP contribution in [-0.4, -0.2) is 58.9 Å². The number of alkyl carbamates (subject to hydrolysis) is 1. The topological polar surface area (TPSA) is 117 Å². The Morgan fingerprint density at radius 1 is 0.905 bits per heavy atom. The van der Waals surface area contributed by atoms with E-state index in [4.69, 9.17) is 9.47 Å². The Morgan fingerprint density at radius 3 is 2.14 bits per heavy atom. The Labute approximate surface area is 245 Å². The summed E-state index contributed by atoms with van der Waals surface area (Å²) in [6.07, 6.45) is -0.157. The van der Waals surface area contributed by atoms with Crippen molar-refractivity contribution >= 4 is 23.7 Å². The highest BCUT2D eigenvalue weighted by Crippen LogP contribution is 2.30. The highest BCUT2D eigenvalue weighted by molar-refractivity contribution is 5.98. The molecule has 3 amide bonds. The van der Waals surface area contributed by atoms with Crippen molar-refractivity contribution in [3.63, 3.8) is 0 Å². The molecule has 5 rings (SSSR count). The van der Waals surface area contributed by atoms with E-state index in [1.165, 1.54) is 4.90 Å². The fourth-order valence-corrected chi connectivity index (χ4v) is 5.19. The molecule has 4 atom stereocenters. The lowest BCUT2D eigenvalue weighted by Gasteiger charge is -2.38. The van der Waals surface area contributed by atoms with Crippen molar-refractivity contribution in [1.29, 1.82) is 0 Å². The summed E-state index contributed by atoms with van der Waals surface area (Å²) in [6, 6.07) is 23.7. The van der Waals surface area contributed by atoms with Crippen LogP contribution in [-0.2, 0) is 49.9 Å². The van der Waals surface area contributed by atoms with Gasteiger partial charge in [-0.15, -0.1) is 0 Å². The van der Waals surface area contributed by atoms with Crippen LogP contribution in [0.1, 0.15) is 36.1 Å². The van der Waals surface area contributed by atoms with E-state index < -0.39 is 41.6 Å². The van der Waals surface area contributed by atoms with Gasteiger partial charge in [-0.05, 0) is 42.5 Å². The highest BCUT2D eigenvalue weighted by Gasteiger charge is 2.50. The number of hydrogen-bond donors (Lipinski definition) is 2. The number of nitrogens with one attached hydrogen (secondary N) is 2. The third-order valence-corrected chi connectivity index (χ3v) is 7.77. The zero-order chi connectivity index (χ0) is 29.7. The second-order valence-electron chi connectivity index (χ2n) is 11.0. The summed E-state index contributed by atoms with van der Waals surface area (Å²) in [5, 5.41) is 5.54. The molecule has 3 aromatic rings. The summed E-state index contributed by atoms with van der Waals surface area (Å²) < 4.78 is 10.7. The Balaban J connectivity index is 1.31. The number of Topliss-reactive ketones (excluding diaryl/α,β-unsaturated/α-hetero) is 1. The van der Waals surface area contributed by atoms with Gasteiger partial charge in [-0.25, -0.2) is 4.79 Å². The Morgan fingerprint density at radius 2 is 1.50 bits per heavy atom. The number of nitrogens with zero attached hydrogens (tertiary/aromatic N) is 1. The van der Waals surface area contributed by atoms with E-state index in [1.807, 2.05) is 84.9 Å². The minimum atomic E-state index is -0.950. The summed E-state index contributed by atoms with van der Waals surface area (Å²) in [4.78, 5) is 54.9. The number of carbonyl (C=O) groups excluding carboxylic acids is 4. The average molecular weight is 570 g/mol. The minimum absolute atomic E-state index is 0.0647. The van der Waals surface area contributed by atoms with E-state index in [-0.39, 0.29) is 25.4 Å². The van der Waals surface area contributed by atoms with E-state index >= 15 is 0 Å². The van der Waals surface area contributed by atoms with E-state index in [0.29, 0.717) is 13.0 Å². The molecule has 1 fully saturated rings. The first-order valence-electron chi connectivity index (χ1n) is 14.1. The number of benzene rings is 3. The first-order chi connectivity index (χ1) is 20.2. The van der Waals surface area contributed by atoms with Crippen LogP contribution in [0.4, 0.5) is 4.79 Å². The molecular formula is C33H35N3O6. The molecule has 1 saturated heterocycles. The molecule has 2 aliphatic rings. The quantitative estimate of drug-likeness (QED) is 0.362. The zero-order valence-corrected chi connectivity index (χ0v) is 23.7. The van der Waals surface area contributed by atoms with Gasteiger partial charge in [0.1, 0.15) is 24.3 Å². The Kier molecular flexibility index (Phi) is 8.68. The maximum Gasteiger partial charge on any atom is 0.408 e. The molecule has 218 valence electrons. The molecule has 3 aromatic carbocycles. The van der Waals surface area contributed by atoms with E-state index in [9.17, 15) is 19.2 Å². The van der Waals surface area contributed by atoms with Crippen LogP contribution in [0.3, 0.4) is 0 Å². The number of fused-ring (bicyclic) bond motifs is 1. The smallest absolute Gasteiger partial charge is 0.408 e. The van der Waals surface area contributed by atoms with Gasteiger partial charge >= 0.3 is 6.09 Å². The van der Waals surface area contributed by atoms with E-state index in [0.717, 1.165) is 22.3 Å². The molecule has 0 radical (unpaired) electrons. The number of ether oxygens (including phenoxy) is 2. The fraction of sp³-hybridized carbons (Fsp3) is 0.333. The molecule has 0 saturated carbocycles. The van der Waals surface area contributed by atoms with Gasteiger partial charge in [-0.2, -0.15) is 0 Å². The Hall–Kier alpha value is -4.50. The predicted molar refractivity (Wildman–Crippen MR) is 155 cm³/mol. The fourth-order valence-electron chi connectivity index (χ4n) is 5.19. The van der Waals surface area contributed by atoms with Gasteiger partial charge in [0.15, 0.2) is 5.78 Å². The molecule has 42 heavy (non-hydrogen) atoms. The van der Waals surface area contributed by atoms with Gasteiger partial charge in [0.25, 0.3) is 0 Å².